The minimum absolute atomic E-state index is 0.0319. The Morgan fingerprint density at radius 2 is 1.71 bits per heavy atom. The van der Waals surface area contributed by atoms with Crippen molar-refractivity contribution in [3.8, 4) is 0 Å². The van der Waals surface area contributed by atoms with Crippen LogP contribution in [0.25, 0.3) is 0 Å². The predicted molar refractivity (Wildman–Crippen MR) is 127 cm³/mol. The fourth-order valence-electron chi connectivity index (χ4n) is 6.23. The first-order valence-corrected chi connectivity index (χ1v) is 12.7. The highest BCUT2D eigenvalue weighted by molar-refractivity contribution is 6.30. The summed E-state index contributed by atoms with van der Waals surface area (Å²) >= 11 is 6.23. The lowest BCUT2D eigenvalue weighted by Crippen LogP contribution is -2.53. The molecule has 1 amide bonds. The maximum Gasteiger partial charge on any atom is 0.402 e. The molecule has 1 aromatic carbocycles. The number of nitrogens with one attached hydrogen (secondary N) is 2. The molecule has 38 heavy (non-hydrogen) atoms. The highest BCUT2D eigenvalue weighted by atomic mass is 35.5. The van der Waals surface area contributed by atoms with Gasteiger partial charge in [0.05, 0.1) is 0 Å². The van der Waals surface area contributed by atoms with Crippen LogP contribution in [0.5, 0.6) is 0 Å². The van der Waals surface area contributed by atoms with Gasteiger partial charge in [0.15, 0.2) is 5.92 Å². The molecule has 0 saturated carbocycles. The summed E-state index contributed by atoms with van der Waals surface area (Å²) in [6, 6.07) is 1.66. The molecule has 0 spiro atoms. The number of anilines is 1. The fraction of sp³-hybridized carbons (Fsp3) is 0.667. The molecule has 14 heteroatoms. The van der Waals surface area contributed by atoms with Crippen molar-refractivity contribution in [1.82, 2.24) is 15.5 Å². The number of rotatable bonds is 6. The van der Waals surface area contributed by atoms with Crippen LogP contribution in [0.4, 0.5) is 32.0 Å². The highest BCUT2D eigenvalue weighted by Gasteiger charge is 2.66. The van der Waals surface area contributed by atoms with Gasteiger partial charge in [0, 0.05) is 68.4 Å². The SMILES string of the molecule is CC(=O)NC1CCN(c2ccc(Cl)cc2CN2CC3C(C(=O)O)NC(C(C(F)(F)F)C(F)(F)F)C3C2)CC1. The first kappa shape index (κ1) is 28.8. The van der Waals surface area contributed by atoms with E-state index in [2.05, 4.69) is 15.5 Å². The second kappa shape index (κ2) is 10.7. The van der Waals surface area contributed by atoms with Crippen LogP contribution in [0.1, 0.15) is 25.3 Å². The number of alkyl halides is 6. The largest absolute Gasteiger partial charge is 0.480 e. The molecule has 3 N–H and O–H groups in total. The zero-order chi connectivity index (χ0) is 28.0. The molecule has 4 atom stereocenters. The molecule has 7 nitrogen and oxygen atoms in total. The molecule has 3 heterocycles. The van der Waals surface area contributed by atoms with Crippen LogP contribution in [0.3, 0.4) is 0 Å². The summed E-state index contributed by atoms with van der Waals surface area (Å²) in [7, 11) is 0. The van der Waals surface area contributed by atoms with E-state index in [1.54, 1.807) is 17.0 Å². The molecule has 0 aliphatic carbocycles. The first-order chi connectivity index (χ1) is 17.6. The third kappa shape index (κ3) is 6.15. The molecular formula is C24H29ClF6N4O3. The number of halogens is 7. The Labute approximate surface area is 220 Å². The number of carbonyl (C=O) groups is 2. The first-order valence-electron chi connectivity index (χ1n) is 12.3. The molecule has 3 saturated heterocycles. The Morgan fingerprint density at radius 3 is 2.26 bits per heavy atom. The van der Waals surface area contributed by atoms with Crippen molar-refractivity contribution in [2.24, 2.45) is 17.8 Å². The number of carboxylic acids is 1. The molecule has 212 valence electrons. The molecule has 0 aromatic heterocycles. The normalized spacial score (nSPS) is 27.1. The zero-order valence-electron chi connectivity index (χ0n) is 20.4. The Balaban J connectivity index is 1.54. The minimum Gasteiger partial charge on any atom is -0.480 e. The van der Waals surface area contributed by atoms with Gasteiger partial charge in [-0.1, -0.05) is 11.6 Å². The number of carboxylic acid groups (broad SMARTS) is 1. The van der Waals surface area contributed by atoms with Crippen molar-refractivity contribution in [2.75, 3.05) is 31.1 Å². The molecule has 3 aliphatic rings. The van der Waals surface area contributed by atoms with E-state index in [9.17, 15) is 41.0 Å². The Bertz CT molecular complexity index is 1030. The van der Waals surface area contributed by atoms with Crippen LogP contribution in [-0.4, -0.2) is 78.5 Å². The third-order valence-corrected chi connectivity index (χ3v) is 7.99. The predicted octanol–water partition coefficient (Wildman–Crippen LogP) is 3.66. The van der Waals surface area contributed by atoms with E-state index in [0.717, 1.165) is 11.3 Å². The number of benzene rings is 1. The summed E-state index contributed by atoms with van der Waals surface area (Å²) in [5.41, 5.74) is 1.58. The minimum atomic E-state index is -5.58. The van der Waals surface area contributed by atoms with Crippen molar-refractivity contribution in [3.05, 3.63) is 28.8 Å². The Hall–Kier alpha value is -2.25. The van der Waals surface area contributed by atoms with Gasteiger partial charge in [0.1, 0.15) is 6.04 Å². The molecular weight excluding hydrogens is 542 g/mol. The lowest BCUT2D eigenvalue weighted by atomic mass is 9.84. The molecule has 3 fully saturated rings. The number of hydrogen-bond donors (Lipinski definition) is 3. The summed E-state index contributed by atoms with van der Waals surface area (Å²) in [6.45, 7) is 2.83. The van der Waals surface area contributed by atoms with E-state index < -0.39 is 48.2 Å². The van der Waals surface area contributed by atoms with Crippen molar-refractivity contribution in [1.29, 1.82) is 0 Å². The zero-order valence-corrected chi connectivity index (χ0v) is 21.2. The number of amides is 1. The van der Waals surface area contributed by atoms with Crippen LogP contribution in [0, 0.1) is 17.8 Å². The summed E-state index contributed by atoms with van der Waals surface area (Å²) in [4.78, 5) is 27.0. The molecule has 1 aromatic rings. The standard InChI is InChI=1S/C24H29ClF6N4O3/c1-12(36)32-15-4-6-35(7-5-15)18-3-2-14(25)8-13(18)9-34-10-16-17(11-34)20(22(37)38)33-19(16)21(23(26,27)28)24(29,30)31/h2-3,8,15-17,19-21,33H,4-7,9-11H2,1H3,(H,32,36)(H,37,38). The Morgan fingerprint density at radius 1 is 1.11 bits per heavy atom. The number of likely N-dealkylation sites (tertiary alicyclic amines) is 1. The molecule has 0 radical (unpaired) electrons. The van der Waals surface area contributed by atoms with Crippen LogP contribution in [-0.2, 0) is 16.1 Å². The number of nitrogens with zero attached hydrogens (tertiary/aromatic N) is 2. The van der Waals surface area contributed by atoms with E-state index in [1.165, 1.54) is 6.92 Å². The van der Waals surface area contributed by atoms with Gasteiger partial charge in [-0.15, -0.1) is 0 Å². The molecule has 3 aliphatic heterocycles. The summed E-state index contributed by atoms with van der Waals surface area (Å²) in [5, 5.41) is 15.1. The van der Waals surface area contributed by atoms with Gasteiger partial charge in [0.25, 0.3) is 0 Å². The lowest BCUT2D eigenvalue weighted by Gasteiger charge is -2.35. The lowest BCUT2D eigenvalue weighted by molar-refractivity contribution is -0.293. The number of carbonyl (C=O) groups excluding carboxylic acids is 1. The second-order valence-electron chi connectivity index (χ2n) is 10.3. The van der Waals surface area contributed by atoms with E-state index in [4.69, 9.17) is 11.6 Å². The maximum absolute atomic E-state index is 13.5. The van der Waals surface area contributed by atoms with Crippen LogP contribution in [0.15, 0.2) is 18.2 Å². The topological polar surface area (TPSA) is 84.9 Å². The fourth-order valence-corrected chi connectivity index (χ4v) is 6.43. The van der Waals surface area contributed by atoms with Gasteiger partial charge < -0.3 is 20.6 Å². The second-order valence-corrected chi connectivity index (χ2v) is 10.8. The van der Waals surface area contributed by atoms with Crippen LogP contribution < -0.4 is 15.5 Å². The van der Waals surface area contributed by atoms with Crippen molar-refractivity contribution in [3.63, 3.8) is 0 Å². The number of fused-ring (bicyclic) bond motifs is 1. The van der Waals surface area contributed by atoms with E-state index in [0.29, 0.717) is 31.0 Å². The number of piperidine rings is 1. The quantitative estimate of drug-likeness (QED) is 0.453. The summed E-state index contributed by atoms with van der Waals surface area (Å²) in [6.07, 6.45) is -9.74. The average Bonchev–Trinajstić information content (AvgIpc) is 3.32. The van der Waals surface area contributed by atoms with Gasteiger partial charge in [0.2, 0.25) is 5.91 Å². The average molecular weight is 571 g/mol. The smallest absolute Gasteiger partial charge is 0.402 e. The van der Waals surface area contributed by atoms with E-state index in [-0.39, 0.29) is 31.6 Å². The van der Waals surface area contributed by atoms with Crippen LogP contribution >= 0.6 is 11.6 Å². The molecule has 4 rings (SSSR count). The van der Waals surface area contributed by atoms with Gasteiger partial charge in [-0.2, -0.15) is 26.3 Å². The Kier molecular flexibility index (Phi) is 8.11. The molecule has 4 unspecified atom stereocenters. The van der Waals surface area contributed by atoms with Gasteiger partial charge in [-0.3, -0.25) is 14.5 Å². The highest BCUT2D eigenvalue weighted by Crippen LogP contribution is 2.49. The van der Waals surface area contributed by atoms with Crippen LogP contribution in [0.2, 0.25) is 5.02 Å². The van der Waals surface area contributed by atoms with Crippen molar-refractivity contribution in [2.45, 2.75) is 56.8 Å². The van der Waals surface area contributed by atoms with Crippen molar-refractivity contribution >= 4 is 29.2 Å². The number of aliphatic carboxylic acids is 1. The van der Waals surface area contributed by atoms with E-state index in [1.807, 2.05) is 6.07 Å². The third-order valence-electron chi connectivity index (χ3n) is 7.76. The van der Waals surface area contributed by atoms with Crippen molar-refractivity contribution < 1.29 is 41.0 Å². The van der Waals surface area contributed by atoms with Gasteiger partial charge >= 0.3 is 18.3 Å². The van der Waals surface area contributed by atoms with Gasteiger partial charge in [-0.05, 0) is 42.5 Å². The summed E-state index contributed by atoms with van der Waals surface area (Å²) in [5.74, 6) is -7.32. The van der Waals surface area contributed by atoms with Gasteiger partial charge in [-0.25, -0.2) is 0 Å². The number of hydrogen-bond acceptors (Lipinski definition) is 5. The maximum atomic E-state index is 13.5. The van der Waals surface area contributed by atoms with E-state index >= 15 is 0 Å². The summed E-state index contributed by atoms with van der Waals surface area (Å²) < 4.78 is 81.2. The molecule has 0 bridgehead atoms. The monoisotopic (exact) mass is 570 g/mol.